The first kappa shape index (κ1) is 14.5. The molecular formula is C16H22N2O3S. The second kappa shape index (κ2) is 5.51. The summed E-state index contributed by atoms with van der Waals surface area (Å²) in [6.45, 7) is 3.34. The minimum atomic E-state index is -3.42. The Kier molecular flexibility index (Phi) is 3.63. The zero-order valence-corrected chi connectivity index (χ0v) is 13.4. The maximum absolute atomic E-state index is 12.5. The third-order valence-electron chi connectivity index (χ3n) is 4.91. The van der Waals surface area contributed by atoms with Crippen LogP contribution < -0.4 is 9.46 Å². The van der Waals surface area contributed by atoms with Gasteiger partial charge in [0.15, 0.2) is 0 Å². The quantitative estimate of drug-likeness (QED) is 0.890. The number of hydrogen-bond acceptors (Lipinski definition) is 4. The average Bonchev–Trinajstić information content (AvgIpc) is 3.08. The largest absolute Gasteiger partial charge is 0.493 e. The number of rotatable bonds is 5. The summed E-state index contributed by atoms with van der Waals surface area (Å²) < 4.78 is 33.1. The summed E-state index contributed by atoms with van der Waals surface area (Å²) in [7, 11) is -3.42. The number of nitrogens with zero attached hydrogens (tertiary/aromatic N) is 1. The summed E-state index contributed by atoms with van der Waals surface area (Å²) in [4.78, 5) is 2.86. The molecule has 0 bridgehead atoms. The van der Waals surface area contributed by atoms with Crippen molar-refractivity contribution in [1.82, 2.24) is 9.62 Å². The van der Waals surface area contributed by atoms with Gasteiger partial charge in [-0.05, 0) is 55.5 Å². The van der Waals surface area contributed by atoms with E-state index in [0.717, 1.165) is 43.3 Å². The third-order valence-corrected chi connectivity index (χ3v) is 6.34. The maximum atomic E-state index is 12.5. The summed E-state index contributed by atoms with van der Waals surface area (Å²) in [6, 6.07) is 5.92. The molecule has 1 saturated heterocycles. The van der Waals surface area contributed by atoms with E-state index in [0.29, 0.717) is 24.0 Å². The molecular weight excluding hydrogens is 300 g/mol. The normalized spacial score (nSPS) is 25.2. The highest BCUT2D eigenvalue weighted by atomic mass is 32.2. The molecule has 1 aromatic rings. The lowest BCUT2D eigenvalue weighted by Gasteiger charge is -2.15. The standard InChI is InChI=1S/C16H22N2O3S/c19-22(20,15-3-4-16-13(9-15)6-8-21-16)17-10-12-5-7-18(11-12)14-1-2-14/h3-4,9,12,14,17H,1-2,5-8,10-11H2/t12-/m0/s1. The van der Waals surface area contributed by atoms with Crippen LogP contribution >= 0.6 is 0 Å². The molecule has 0 spiro atoms. The molecule has 0 aromatic heterocycles. The van der Waals surface area contributed by atoms with E-state index in [-0.39, 0.29) is 0 Å². The number of likely N-dealkylation sites (tertiary alicyclic amines) is 1. The van der Waals surface area contributed by atoms with Gasteiger partial charge in [-0.25, -0.2) is 13.1 Å². The Hall–Kier alpha value is -1.11. The predicted octanol–water partition coefficient (Wildman–Crippen LogP) is 1.38. The van der Waals surface area contributed by atoms with Gasteiger partial charge in [0.1, 0.15) is 5.75 Å². The van der Waals surface area contributed by atoms with E-state index < -0.39 is 10.0 Å². The highest BCUT2D eigenvalue weighted by Crippen LogP contribution is 2.32. The van der Waals surface area contributed by atoms with E-state index in [9.17, 15) is 8.42 Å². The minimum absolute atomic E-state index is 0.355. The second-order valence-corrected chi connectivity index (χ2v) is 8.37. The maximum Gasteiger partial charge on any atom is 0.240 e. The summed E-state index contributed by atoms with van der Waals surface area (Å²) >= 11 is 0. The van der Waals surface area contributed by atoms with Crippen molar-refractivity contribution in [2.75, 3.05) is 26.2 Å². The van der Waals surface area contributed by atoms with Gasteiger partial charge in [-0.1, -0.05) is 0 Å². The molecule has 0 amide bonds. The number of benzene rings is 1. The third kappa shape index (κ3) is 2.87. The molecule has 2 heterocycles. The van der Waals surface area contributed by atoms with Crippen LogP contribution in [0, 0.1) is 5.92 Å². The van der Waals surface area contributed by atoms with Gasteiger partial charge >= 0.3 is 0 Å². The predicted molar refractivity (Wildman–Crippen MR) is 83.5 cm³/mol. The van der Waals surface area contributed by atoms with Gasteiger partial charge in [-0.2, -0.15) is 0 Å². The molecule has 1 atom stereocenters. The molecule has 1 aliphatic carbocycles. The van der Waals surface area contributed by atoms with Crippen molar-refractivity contribution >= 4 is 10.0 Å². The van der Waals surface area contributed by atoms with Crippen LogP contribution in [0.4, 0.5) is 0 Å². The molecule has 4 rings (SSSR count). The first-order valence-electron chi connectivity index (χ1n) is 8.11. The van der Waals surface area contributed by atoms with E-state index in [1.807, 2.05) is 0 Å². The summed E-state index contributed by atoms with van der Waals surface area (Å²) in [5, 5.41) is 0. The van der Waals surface area contributed by atoms with E-state index in [4.69, 9.17) is 4.74 Å². The molecule has 22 heavy (non-hydrogen) atoms. The minimum Gasteiger partial charge on any atom is -0.493 e. The van der Waals surface area contributed by atoms with Gasteiger partial charge < -0.3 is 9.64 Å². The van der Waals surface area contributed by atoms with Crippen molar-refractivity contribution in [3.63, 3.8) is 0 Å². The molecule has 2 fully saturated rings. The summed E-state index contributed by atoms with van der Waals surface area (Å²) in [6.07, 6.45) is 4.51. The summed E-state index contributed by atoms with van der Waals surface area (Å²) in [5.41, 5.74) is 0.989. The van der Waals surface area contributed by atoms with Gasteiger partial charge in [0.2, 0.25) is 10.0 Å². The van der Waals surface area contributed by atoms with Gasteiger partial charge in [0.05, 0.1) is 11.5 Å². The fourth-order valence-electron chi connectivity index (χ4n) is 3.44. The van der Waals surface area contributed by atoms with Gasteiger partial charge in [0.25, 0.3) is 0 Å². The molecule has 6 heteroatoms. The van der Waals surface area contributed by atoms with Crippen molar-refractivity contribution in [1.29, 1.82) is 0 Å². The zero-order chi connectivity index (χ0) is 15.2. The van der Waals surface area contributed by atoms with E-state index in [1.165, 1.54) is 12.8 Å². The van der Waals surface area contributed by atoms with Crippen LogP contribution in [0.5, 0.6) is 5.75 Å². The lowest BCUT2D eigenvalue weighted by Crippen LogP contribution is -2.31. The van der Waals surface area contributed by atoms with E-state index in [2.05, 4.69) is 9.62 Å². The molecule has 2 aliphatic heterocycles. The highest BCUT2D eigenvalue weighted by molar-refractivity contribution is 7.89. The van der Waals surface area contributed by atoms with E-state index >= 15 is 0 Å². The van der Waals surface area contributed by atoms with E-state index in [1.54, 1.807) is 18.2 Å². The van der Waals surface area contributed by atoms with Crippen LogP contribution in [0.3, 0.4) is 0 Å². The lowest BCUT2D eigenvalue weighted by molar-refractivity contribution is 0.314. The lowest BCUT2D eigenvalue weighted by atomic mass is 10.1. The number of sulfonamides is 1. The smallest absolute Gasteiger partial charge is 0.240 e. The van der Waals surface area contributed by atoms with Crippen molar-refractivity contribution in [2.45, 2.75) is 36.6 Å². The van der Waals surface area contributed by atoms with Gasteiger partial charge in [-0.15, -0.1) is 0 Å². The Morgan fingerprint density at radius 3 is 2.95 bits per heavy atom. The topological polar surface area (TPSA) is 58.6 Å². The van der Waals surface area contributed by atoms with Crippen molar-refractivity contribution in [3.8, 4) is 5.75 Å². The average molecular weight is 322 g/mol. The van der Waals surface area contributed by atoms with Crippen LogP contribution in [0.1, 0.15) is 24.8 Å². The van der Waals surface area contributed by atoms with Crippen molar-refractivity contribution < 1.29 is 13.2 Å². The molecule has 3 aliphatic rings. The molecule has 120 valence electrons. The monoisotopic (exact) mass is 322 g/mol. The first-order valence-corrected chi connectivity index (χ1v) is 9.59. The van der Waals surface area contributed by atoms with Crippen molar-refractivity contribution in [2.24, 2.45) is 5.92 Å². The van der Waals surface area contributed by atoms with Gasteiger partial charge in [-0.3, -0.25) is 0 Å². The second-order valence-electron chi connectivity index (χ2n) is 6.60. The number of fused-ring (bicyclic) bond motifs is 1. The molecule has 0 radical (unpaired) electrons. The molecule has 1 N–H and O–H groups in total. The first-order chi connectivity index (χ1) is 10.6. The fourth-order valence-corrected chi connectivity index (χ4v) is 4.61. The van der Waals surface area contributed by atoms with Crippen LogP contribution in [0.25, 0.3) is 0 Å². The Balaban J connectivity index is 1.39. The molecule has 1 saturated carbocycles. The van der Waals surface area contributed by atoms with Crippen molar-refractivity contribution in [3.05, 3.63) is 23.8 Å². The Bertz CT molecular complexity index is 670. The Morgan fingerprint density at radius 2 is 2.14 bits per heavy atom. The van der Waals surface area contributed by atoms with Crippen LogP contribution in [-0.4, -0.2) is 45.6 Å². The van der Waals surface area contributed by atoms with Crippen LogP contribution in [0.15, 0.2) is 23.1 Å². The molecule has 1 aromatic carbocycles. The number of nitrogens with one attached hydrogen (secondary N) is 1. The Labute approximate surface area is 131 Å². The molecule has 0 unspecified atom stereocenters. The van der Waals surface area contributed by atoms with Gasteiger partial charge in [0, 0.05) is 25.6 Å². The number of hydrogen-bond donors (Lipinski definition) is 1. The zero-order valence-electron chi connectivity index (χ0n) is 12.6. The SMILES string of the molecule is O=S(=O)(NC[C@@H]1CCN(C2CC2)C1)c1ccc2c(c1)CCO2. The summed E-state index contributed by atoms with van der Waals surface area (Å²) in [5.74, 6) is 1.25. The van der Waals surface area contributed by atoms with Crippen LogP contribution in [-0.2, 0) is 16.4 Å². The fraction of sp³-hybridized carbons (Fsp3) is 0.625. The molecule has 5 nitrogen and oxygen atoms in total. The number of ether oxygens (including phenoxy) is 1. The Morgan fingerprint density at radius 1 is 1.27 bits per heavy atom. The van der Waals surface area contributed by atoms with Crippen LogP contribution in [0.2, 0.25) is 0 Å². The highest BCUT2D eigenvalue weighted by Gasteiger charge is 2.34.